The van der Waals surface area contributed by atoms with E-state index in [9.17, 15) is 4.79 Å². The van der Waals surface area contributed by atoms with Gasteiger partial charge in [-0.1, -0.05) is 18.6 Å². The Morgan fingerprint density at radius 1 is 1.33 bits per heavy atom. The molecule has 1 aromatic rings. The predicted molar refractivity (Wildman–Crippen MR) is 74.7 cm³/mol. The summed E-state index contributed by atoms with van der Waals surface area (Å²) in [6.45, 7) is 2.70. The number of piperidine rings is 1. The van der Waals surface area contributed by atoms with Gasteiger partial charge in [0.1, 0.15) is 0 Å². The van der Waals surface area contributed by atoms with Crippen molar-refractivity contribution in [2.24, 2.45) is 0 Å². The van der Waals surface area contributed by atoms with Crippen LogP contribution < -0.4 is 10.6 Å². The molecule has 1 aromatic carbocycles. The highest BCUT2D eigenvalue weighted by molar-refractivity contribution is 5.88. The lowest BCUT2D eigenvalue weighted by molar-refractivity contribution is -0.114. The van der Waals surface area contributed by atoms with Crippen LogP contribution >= 0.6 is 0 Å². The van der Waals surface area contributed by atoms with Crippen molar-refractivity contribution < 1.29 is 4.79 Å². The molecule has 1 unspecified atom stereocenters. The molecule has 0 radical (unpaired) electrons. The standard InChI is InChI=1S/C15H22N2O/c1-12(18)17-15-9-6-13(7-10-15)5-8-14-4-2-3-11-16-14/h6-7,9-10,14,16H,2-5,8,11H2,1H3,(H,17,18). The summed E-state index contributed by atoms with van der Waals surface area (Å²) >= 11 is 0. The summed E-state index contributed by atoms with van der Waals surface area (Å²) < 4.78 is 0. The van der Waals surface area contributed by atoms with Crippen LogP contribution in [0.1, 0.15) is 38.2 Å². The Morgan fingerprint density at radius 2 is 2.11 bits per heavy atom. The lowest BCUT2D eigenvalue weighted by Crippen LogP contribution is -2.34. The van der Waals surface area contributed by atoms with Gasteiger partial charge in [-0.05, 0) is 49.9 Å². The molecular weight excluding hydrogens is 224 g/mol. The second kappa shape index (κ2) is 6.55. The Hall–Kier alpha value is -1.35. The number of aryl methyl sites for hydroxylation is 1. The van der Waals surface area contributed by atoms with Crippen LogP contribution in [0.15, 0.2) is 24.3 Å². The van der Waals surface area contributed by atoms with Gasteiger partial charge < -0.3 is 10.6 Å². The highest BCUT2D eigenvalue weighted by Gasteiger charge is 2.11. The predicted octanol–water partition coefficient (Wildman–Crippen LogP) is 2.72. The maximum atomic E-state index is 10.9. The summed E-state index contributed by atoms with van der Waals surface area (Å²) in [6.07, 6.45) is 6.31. The van der Waals surface area contributed by atoms with Crippen LogP contribution in [0.5, 0.6) is 0 Å². The van der Waals surface area contributed by atoms with Gasteiger partial charge in [-0.15, -0.1) is 0 Å². The van der Waals surface area contributed by atoms with Crippen molar-refractivity contribution in [3.63, 3.8) is 0 Å². The van der Waals surface area contributed by atoms with E-state index >= 15 is 0 Å². The van der Waals surface area contributed by atoms with Crippen molar-refractivity contribution in [3.05, 3.63) is 29.8 Å². The minimum absolute atomic E-state index is 0.0193. The van der Waals surface area contributed by atoms with Gasteiger partial charge in [0, 0.05) is 18.7 Å². The number of hydrogen-bond donors (Lipinski definition) is 2. The van der Waals surface area contributed by atoms with Crippen LogP contribution in [-0.2, 0) is 11.2 Å². The van der Waals surface area contributed by atoms with Crippen LogP contribution in [0.4, 0.5) is 5.69 Å². The zero-order chi connectivity index (χ0) is 12.8. The Kier molecular flexibility index (Phi) is 4.76. The maximum absolute atomic E-state index is 10.9. The largest absolute Gasteiger partial charge is 0.326 e. The normalized spacial score (nSPS) is 19.5. The molecule has 98 valence electrons. The van der Waals surface area contributed by atoms with E-state index in [4.69, 9.17) is 0 Å². The summed E-state index contributed by atoms with van der Waals surface area (Å²) in [5.41, 5.74) is 2.22. The molecule has 1 amide bonds. The third-order valence-corrected chi connectivity index (χ3v) is 3.47. The van der Waals surface area contributed by atoms with Crippen LogP contribution in [0.3, 0.4) is 0 Å². The first-order valence-corrected chi connectivity index (χ1v) is 6.84. The zero-order valence-corrected chi connectivity index (χ0v) is 11.0. The number of carbonyl (C=O) groups excluding carboxylic acids is 1. The van der Waals surface area contributed by atoms with E-state index in [2.05, 4.69) is 22.8 Å². The number of amides is 1. The third-order valence-electron chi connectivity index (χ3n) is 3.47. The molecule has 18 heavy (non-hydrogen) atoms. The third kappa shape index (κ3) is 4.15. The Labute approximate surface area is 109 Å². The van der Waals surface area contributed by atoms with E-state index in [1.54, 1.807) is 0 Å². The number of benzene rings is 1. The van der Waals surface area contributed by atoms with Gasteiger partial charge in [0.05, 0.1) is 0 Å². The molecule has 0 saturated carbocycles. The molecular formula is C15H22N2O. The molecule has 1 atom stereocenters. The minimum Gasteiger partial charge on any atom is -0.326 e. The van der Waals surface area contributed by atoms with Crippen molar-refractivity contribution in [2.75, 3.05) is 11.9 Å². The van der Waals surface area contributed by atoms with Gasteiger partial charge >= 0.3 is 0 Å². The van der Waals surface area contributed by atoms with E-state index in [1.165, 1.54) is 44.7 Å². The van der Waals surface area contributed by atoms with E-state index in [0.29, 0.717) is 6.04 Å². The highest BCUT2D eigenvalue weighted by atomic mass is 16.1. The number of rotatable bonds is 4. The summed E-state index contributed by atoms with van der Waals surface area (Å²) in [7, 11) is 0. The molecule has 3 heteroatoms. The molecule has 1 aliphatic rings. The summed E-state index contributed by atoms with van der Waals surface area (Å²) in [4.78, 5) is 10.9. The lowest BCUT2D eigenvalue weighted by atomic mass is 9.98. The van der Waals surface area contributed by atoms with Crippen molar-refractivity contribution in [1.82, 2.24) is 5.32 Å². The topological polar surface area (TPSA) is 41.1 Å². The van der Waals surface area contributed by atoms with Gasteiger partial charge in [0.15, 0.2) is 0 Å². The maximum Gasteiger partial charge on any atom is 0.221 e. The van der Waals surface area contributed by atoms with Crippen molar-refractivity contribution in [1.29, 1.82) is 0 Å². The smallest absolute Gasteiger partial charge is 0.221 e. The van der Waals surface area contributed by atoms with Gasteiger partial charge in [0.25, 0.3) is 0 Å². The molecule has 0 aromatic heterocycles. The number of nitrogens with one attached hydrogen (secondary N) is 2. The van der Waals surface area contributed by atoms with E-state index in [0.717, 1.165) is 12.1 Å². The molecule has 0 aliphatic carbocycles. The highest BCUT2D eigenvalue weighted by Crippen LogP contribution is 2.15. The molecule has 1 saturated heterocycles. The van der Waals surface area contributed by atoms with Gasteiger partial charge in [-0.25, -0.2) is 0 Å². The van der Waals surface area contributed by atoms with Crippen LogP contribution in [0, 0.1) is 0 Å². The van der Waals surface area contributed by atoms with Gasteiger partial charge in [0.2, 0.25) is 5.91 Å². The summed E-state index contributed by atoms with van der Waals surface area (Å²) in [5, 5.41) is 6.36. The number of carbonyl (C=O) groups is 1. The average Bonchev–Trinajstić information content (AvgIpc) is 2.38. The van der Waals surface area contributed by atoms with Gasteiger partial charge in [-0.2, -0.15) is 0 Å². The number of hydrogen-bond acceptors (Lipinski definition) is 2. The summed E-state index contributed by atoms with van der Waals surface area (Å²) in [6, 6.07) is 8.85. The first-order chi connectivity index (χ1) is 8.74. The fourth-order valence-corrected chi connectivity index (χ4v) is 2.47. The van der Waals surface area contributed by atoms with Crippen LogP contribution in [0.25, 0.3) is 0 Å². The quantitative estimate of drug-likeness (QED) is 0.857. The van der Waals surface area contributed by atoms with Gasteiger partial charge in [-0.3, -0.25) is 4.79 Å². The molecule has 1 aliphatic heterocycles. The van der Waals surface area contributed by atoms with Crippen molar-refractivity contribution in [3.8, 4) is 0 Å². The first kappa shape index (κ1) is 13.1. The first-order valence-electron chi connectivity index (χ1n) is 6.84. The molecule has 0 bridgehead atoms. The van der Waals surface area contributed by atoms with Crippen molar-refractivity contribution >= 4 is 11.6 Å². The Morgan fingerprint density at radius 3 is 2.72 bits per heavy atom. The van der Waals surface area contributed by atoms with Crippen molar-refractivity contribution in [2.45, 2.75) is 45.1 Å². The SMILES string of the molecule is CC(=O)Nc1ccc(CCC2CCCCN2)cc1. The van der Waals surface area contributed by atoms with Crippen LogP contribution in [-0.4, -0.2) is 18.5 Å². The van der Waals surface area contributed by atoms with Crippen LogP contribution in [0.2, 0.25) is 0 Å². The molecule has 2 rings (SSSR count). The monoisotopic (exact) mass is 246 g/mol. The average molecular weight is 246 g/mol. The van der Waals surface area contributed by atoms with E-state index in [-0.39, 0.29) is 5.91 Å². The second-order valence-corrected chi connectivity index (χ2v) is 5.06. The molecule has 3 nitrogen and oxygen atoms in total. The van der Waals surface area contributed by atoms with E-state index < -0.39 is 0 Å². The molecule has 0 spiro atoms. The molecule has 1 fully saturated rings. The Bertz CT molecular complexity index is 380. The molecule has 1 heterocycles. The zero-order valence-electron chi connectivity index (χ0n) is 11.0. The lowest BCUT2D eigenvalue weighted by Gasteiger charge is -2.23. The fourth-order valence-electron chi connectivity index (χ4n) is 2.47. The van der Waals surface area contributed by atoms with E-state index in [1.807, 2.05) is 12.1 Å². The minimum atomic E-state index is -0.0193. The fraction of sp³-hybridized carbons (Fsp3) is 0.533. The summed E-state index contributed by atoms with van der Waals surface area (Å²) in [5.74, 6) is -0.0193. The molecule has 2 N–H and O–H groups in total. The second-order valence-electron chi connectivity index (χ2n) is 5.06. The Balaban J connectivity index is 1.80. The number of anilines is 1.